The second kappa shape index (κ2) is 7.56. The summed E-state index contributed by atoms with van der Waals surface area (Å²) in [6, 6.07) is 11.6. The van der Waals surface area contributed by atoms with Gasteiger partial charge >= 0.3 is 6.03 Å². The summed E-state index contributed by atoms with van der Waals surface area (Å²) in [5, 5.41) is 14.2. The molecule has 26 heavy (non-hydrogen) atoms. The van der Waals surface area contributed by atoms with Crippen LogP contribution in [0.25, 0.3) is 5.65 Å². The van der Waals surface area contributed by atoms with Crippen molar-refractivity contribution in [1.29, 1.82) is 0 Å². The van der Waals surface area contributed by atoms with Crippen molar-refractivity contribution < 1.29 is 4.79 Å². The van der Waals surface area contributed by atoms with E-state index in [2.05, 4.69) is 66.7 Å². The molecular formula is C20H25N5O. The van der Waals surface area contributed by atoms with E-state index in [4.69, 9.17) is 0 Å². The molecule has 0 unspecified atom stereocenters. The first-order chi connectivity index (χ1) is 12.5. The molecule has 2 N–H and O–H groups in total. The summed E-state index contributed by atoms with van der Waals surface area (Å²) in [4.78, 5) is 12.5. The lowest BCUT2D eigenvalue weighted by Gasteiger charge is -2.20. The lowest BCUT2D eigenvalue weighted by Crippen LogP contribution is -2.30. The van der Waals surface area contributed by atoms with Gasteiger partial charge in [-0.2, -0.15) is 0 Å². The van der Waals surface area contributed by atoms with E-state index in [0.717, 1.165) is 22.5 Å². The van der Waals surface area contributed by atoms with Crippen LogP contribution < -0.4 is 10.6 Å². The standard InChI is InChI=1S/C20H25N5O/c1-13(2)15-8-7-9-16(14(3)4)19(15)22-20(26)21-12-18-24-23-17-10-5-6-11-25(17)18/h5-11,13-14H,12H2,1-4H3,(H2,21,22,26). The maximum Gasteiger partial charge on any atom is 0.319 e. The van der Waals surface area contributed by atoms with Gasteiger partial charge in [0.15, 0.2) is 11.5 Å². The van der Waals surface area contributed by atoms with Crippen LogP contribution in [0.15, 0.2) is 42.6 Å². The largest absolute Gasteiger partial charge is 0.331 e. The SMILES string of the molecule is CC(C)c1cccc(C(C)C)c1NC(=O)NCc1nnc2ccccn12. The van der Waals surface area contributed by atoms with Gasteiger partial charge < -0.3 is 10.6 Å². The summed E-state index contributed by atoms with van der Waals surface area (Å²) in [6.45, 7) is 8.82. The molecule has 3 rings (SSSR count). The van der Waals surface area contributed by atoms with Gasteiger partial charge in [-0.25, -0.2) is 4.79 Å². The average molecular weight is 351 g/mol. The van der Waals surface area contributed by atoms with Crippen LogP contribution in [0.1, 0.15) is 56.5 Å². The Labute approximate surface area is 153 Å². The van der Waals surface area contributed by atoms with Crippen LogP contribution in [0.4, 0.5) is 10.5 Å². The van der Waals surface area contributed by atoms with E-state index in [-0.39, 0.29) is 6.03 Å². The number of rotatable bonds is 5. The van der Waals surface area contributed by atoms with Gasteiger partial charge in [0.05, 0.1) is 6.54 Å². The minimum Gasteiger partial charge on any atom is -0.331 e. The minimum absolute atomic E-state index is 0.243. The van der Waals surface area contributed by atoms with Crippen molar-refractivity contribution in [3.05, 3.63) is 59.5 Å². The predicted molar refractivity (Wildman–Crippen MR) is 103 cm³/mol. The highest BCUT2D eigenvalue weighted by Gasteiger charge is 2.16. The second-order valence-corrected chi connectivity index (χ2v) is 6.97. The van der Waals surface area contributed by atoms with Gasteiger partial charge in [-0.05, 0) is 35.1 Å². The quantitative estimate of drug-likeness (QED) is 0.720. The van der Waals surface area contributed by atoms with Gasteiger partial charge in [-0.3, -0.25) is 4.40 Å². The fourth-order valence-electron chi connectivity index (χ4n) is 3.02. The van der Waals surface area contributed by atoms with Crippen LogP contribution in [-0.2, 0) is 6.54 Å². The molecule has 0 fully saturated rings. The zero-order valence-corrected chi connectivity index (χ0v) is 15.7. The monoisotopic (exact) mass is 351 g/mol. The van der Waals surface area contributed by atoms with E-state index in [1.54, 1.807) is 0 Å². The van der Waals surface area contributed by atoms with E-state index < -0.39 is 0 Å². The molecule has 0 saturated carbocycles. The number of hydrogen-bond acceptors (Lipinski definition) is 3. The number of carbonyl (C=O) groups excluding carboxylic acids is 1. The number of carbonyl (C=O) groups is 1. The summed E-state index contributed by atoms with van der Waals surface area (Å²) >= 11 is 0. The summed E-state index contributed by atoms with van der Waals surface area (Å²) < 4.78 is 1.86. The lowest BCUT2D eigenvalue weighted by atomic mass is 9.93. The molecule has 0 bridgehead atoms. The van der Waals surface area contributed by atoms with Crippen LogP contribution in [-0.4, -0.2) is 20.6 Å². The van der Waals surface area contributed by atoms with E-state index in [1.807, 2.05) is 28.8 Å². The first-order valence-corrected chi connectivity index (χ1v) is 8.93. The van der Waals surface area contributed by atoms with Crippen LogP contribution in [0, 0.1) is 0 Å². The number of fused-ring (bicyclic) bond motifs is 1. The molecule has 2 heterocycles. The first kappa shape index (κ1) is 17.9. The highest BCUT2D eigenvalue weighted by molar-refractivity contribution is 5.91. The summed E-state index contributed by atoms with van der Waals surface area (Å²) in [5.41, 5.74) is 3.94. The van der Waals surface area contributed by atoms with E-state index >= 15 is 0 Å². The predicted octanol–water partition coefficient (Wildman–Crippen LogP) is 4.30. The molecule has 0 aliphatic rings. The summed E-state index contributed by atoms with van der Waals surface area (Å²) in [7, 11) is 0. The highest BCUT2D eigenvalue weighted by atomic mass is 16.2. The van der Waals surface area contributed by atoms with Gasteiger partial charge in [-0.15, -0.1) is 10.2 Å². The number of anilines is 1. The van der Waals surface area contributed by atoms with Crippen molar-refractivity contribution in [3.8, 4) is 0 Å². The number of benzene rings is 1. The third kappa shape index (κ3) is 3.69. The summed E-state index contributed by atoms with van der Waals surface area (Å²) in [6.07, 6.45) is 1.88. The number of amides is 2. The highest BCUT2D eigenvalue weighted by Crippen LogP contribution is 2.32. The van der Waals surface area contributed by atoms with Crippen LogP contribution >= 0.6 is 0 Å². The molecule has 2 amide bonds. The van der Waals surface area contributed by atoms with Crippen molar-refractivity contribution in [2.24, 2.45) is 0 Å². The zero-order valence-electron chi connectivity index (χ0n) is 15.7. The number of urea groups is 1. The van der Waals surface area contributed by atoms with Crippen molar-refractivity contribution in [2.75, 3.05) is 5.32 Å². The molecule has 0 atom stereocenters. The molecule has 2 aromatic heterocycles. The number of nitrogens with zero attached hydrogens (tertiary/aromatic N) is 3. The number of hydrogen-bond donors (Lipinski definition) is 2. The Morgan fingerprint density at radius 3 is 2.35 bits per heavy atom. The fraction of sp³-hybridized carbons (Fsp3) is 0.350. The van der Waals surface area contributed by atoms with Gasteiger partial charge in [0, 0.05) is 11.9 Å². The Hall–Kier alpha value is -2.89. The van der Waals surface area contributed by atoms with E-state index in [0.29, 0.717) is 24.2 Å². The molecular weight excluding hydrogens is 326 g/mol. The third-order valence-corrected chi connectivity index (χ3v) is 4.40. The Kier molecular flexibility index (Phi) is 5.21. The van der Waals surface area contributed by atoms with Crippen molar-refractivity contribution in [2.45, 2.75) is 46.1 Å². The van der Waals surface area contributed by atoms with E-state index in [9.17, 15) is 4.79 Å². The molecule has 6 nitrogen and oxygen atoms in total. The second-order valence-electron chi connectivity index (χ2n) is 6.97. The Balaban J connectivity index is 1.76. The number of nitrogens with one attached hydrogen (secondary N) is 2. The van der Waals surface area contributed by atoms with Gasteiger partial charge in [-0.1, -0.05) is 52.0 Å². The molecule has 136 valence electrons. The average Bonchev–Trinajstić information content (AvgIpc) is 3.03. The lowest BCUT2D eigenvalue weighted by molar-refractivity contribution is 0.251. The van der Waals surface area contributed by atoms with E-state index in [1.165, 1.54) is 0 Å². The Morgan fingerprint density at radius 2 is 1.69 bits per heavy atom. The molecule has 0 spiro atoms. The van der Waals surface area contributed by atoms with Crippen molar-refractivity contribution >= 4 is 17.4 Å². The number of pyridine rings is 1. The van der Waals surface area contributed by atoms with Crippen LogP contribution in [0.5, 0.6) is 0 Å². The molecule has 0 aliphatic carbocycles. The number of para-hydroxylation sites is 1. The third-order valence-electron chi connectivity index (χ3n) is 4.40. The van der Waals surface area contributed by atoms with Gasteiger partial charge in [0.1, 0.15) is 0 Å². The molecule has 0 aliphatic heterocycles. The maximum absolute atomic E-state index is 12.5. The smallest absolute Gasteiger partial charge is 0.319 e. The molecule has 6 heteroatoms. The van der Waals surface area contributed by atoms with Gasteiger partial charge in [0.2, 0.25) is 0 Å². The Morgan fingerprint density at radius 1 is 1.00 bits per heavy atom. The topological polar surface area (TPSA) is 71.3 Å². The maximum atomic E-state index is 12.5. The van der Waals surface area contributed by atoms with Crippen LogP contribution in [0.3, 0.4) is 0 Å². The minimum atomic E-state index is -0.243. The molecule has 3 aromatic rings. The normalized spacial score (nSPS) is 11.3. The number of aromatic nitrogens is 3. The van der Waals surface area contributed by atoms with Gasteiger partial charge in [0.25, 0.3) is 0 Å². The first-order valence-electron chi connectivity index (χ1n) is 8.93. The van der Waals surface area contributed by atoms with Crippen LogP contribution in [0.2, 0.25) is 0 Å². The van der Waals surface area contributed by atoms with Crippen molar-refractivity contribution in [1.82, 2.24) is 19.9 Å². The molecule has 1 aromatic carbocycles. The Bertz CT molecular complexity index is 887. The zero-order chi connectivity index (χ0) is 18.7. The van der Waals surface area contributed by atoms with Crippen molar-refractivity contribution in [3.63, 3.8) is 0 Å². The fourth-order valence-corrected chi connectivity index (χ4v) is 3.02. The summed E-state index contributed by atoms with van der Waals surface area (Å²) in [5.74, 6) is 1.34. The molecule has 0 radical (unpaired) electrons. The molecule has 0 saturated heterocycles.